The number of hydrogen-bond donors (Lipinski definition) is 2. The Morgan fingerprint density at radius 2 is 1.89 bits per heavy atom. The van der Waals surface area contributed by atoms with E-state index in [0.29, 0.717) is 21.7 Å². The summed E-state index contributed by atoms with van der Waals surface area (Å²) in [6, 6.07) is 0. The lowest BCUT2D eigenvalue weighted by Gasteiger charge is -2.39. The first kappa shape index (κ1) is 19.5. The fourth-order valence-electron chi connectivity index (χ4n) is 4.41. The van der Waals surface area contributed by atoms with Crippen molar-refractivity contribution in [3.05, 3.63) is 46.3 Å². The van der Waals surface area contributed by atoms with Gasteiger partial charge in [0.15, 0.2) is 0 Å². The van der Waals surface area contributed by atoms with Gasteiger partial charge in [0.2, 0.25) is 0 Å². The molecule has 5 nitrogen and oxygen atoms in total. The fraction of sp³-hybridized carbons (Fsp3) is 0.476. The Morgan fingerprint density at radius 1 is 1.14 bits per heavy atom. The van der Waals surface area contributed by atoms with Crippen LogP contribution in [0.3, 0.4) is 0 Å². The van der Waals surface area contributed by atoms with Crippen LogP contribution in [0.25, 0.3) is 0 Å². The first-order valence-corrected chi connectivity index (χ1v) is 11.1. The minimum absolute atomic E-state index is 0.398. The van der Waals surface area contributed by atoms with Gasteiger partial charge in [-0.1, -0.05) is 36.2 Å². The van der Waals surface area contributed by atoms with Crippen molar-refractivity contribution in [1.82, 2.24) is 15.3 Å². The lowest BCUT2D eigenvalue weighted by molar-refractivity contribution is 0.226. The molecule has 2 fully saturated rings. The minimum Gasteiger partial charge on any atom is -0.393 e. The predicted molar refractivity (Wildman–Crippen MR) is 117 cm³/mol. The van der Waals surface area contributed by atoms with Crippen molar-refractivity contribution >= 4 is 34.9 Å². The molecule has 1 aliphatic heterocycles. The summed E-state index contributed by atoms with van der Waals surface area (Å²) < 4.78 is 0. The summed E-state index contributed by atoms with van der Waals surface area (Å²) in [5, 5.41) is 12.3. The van der Waals surface area contributed by atoms with Gasteiger partial charge in [0.25, 0.3) is 0 Å². The zero-order valence-corrected chi connectivity index (χ0v) is 17.7. The molecule has 2 heterocycles. The number of thioether (sulfide) groups is 1. The van der Waals surface area contributed by atoms with Crippen molar-refractivity contribution in [2.24, 2.45) is 5.41 Å². The molecule has 28 heavy (non-hydrogen) atoms. The van der Waals surface area contributed by atoms with E-state index >= 15 is 0 Å². The molecule has 1 saturated carbocycles. The topological polar surface area (TPSA) is 64.9 Å². The molecule has 1 spiro atoms. The maximum atomic E-state index is 7.99. The van der Waals surface area contributed by atoms with Crippen molar-refractivity contribution < 1.29 is 0 Å². The predicted octanol–water partition coefficient (Wildman–Crippen LogP) is 4.87. The van der Waals surface area contributed by atoms with Crippen molar-refractivity contribution in [3.63, 3.8) is 0 Å². The van der Waals surface area contributed by atoms with Gasteiger partial charge in [-0.3, -0.25) is 0 Å². The SMILES string of the molecule is CN/C=C1\C(=N)C=CC(Sc2cnc(N3CCC4(CCCC4)CC3)cn2)=C1Cl. The molecule has 3 aliphatic rings. The van der Waals surface area contributed by atoms with Gasteiger partial charge in [-0.05, 0) is 43.3 Å². The molecular formula is C21H26ClN5S. The highest BCUT2D eigenvalue weighted by Gasteiger charge is 2.37. The van der Waals surface area contributed by atoms with Crippen LogP contribution in [-0.2, 0) is 0 Å². The zero-order valence-electron chi connectivity index (χ0n) is 16.2. The summed E-state index contributed by atoms with van der Waals surface area (Å²) in [5.41, 5.74) is 1.70. The number of aromatic nitrogens is 2. The molecule has 0 unspecified atom stereocenters. The number of nitrogens with zero attached hydrogens (tertiary/aromatic N) is 3. The summed E-state index contributed by atoms with van der Waals surface area (Å²) in [6.07, 6.45) is 17.3. The molecular weight excluding hydrogens is 390 g/mol. The number of piperidine rings is 1. The normalized spacial score (nSPS) is 23.1. The Bertz CT molecular complexity index is 827. The van der Waals surface area contributed by atoms with Gasteiger partial charge in [0, 0.05) is 36.8 Å². The molecule has 0 amide bonds. The van der Waals surface area contributed by atoms with Crippen LogP contribution in [0.5, 0.6) is 0 Å². The van der Waals surface area contributed by atoms with Crippen LogP contribution in [0.15, 0.2) is 51.3 Å². The number of halogens is 1. The maximum Gasteiger partial charge on any atom is 0.147 e. The van der Waals surface area contributed by atoms with Crippen LogP contribution in [0.4, 0.5) is 5.82 Å². The highest BCUT2D eigenvalue weighted by atomic mass is 35.5. The maximum absolute atomic E-state index is 7.99. The van der Waals surface area contributed by atoms with E-state index in [4.69, 9.17) is 17.0 Å². The average molecular weight is 416 g/mol. The van der Waals surface area contributed by atoms with Crippen LogP contribution in [0, 0.1) is 10.8 Å². The van der Waals surface area contributed by atoms with Crippen molar-refractivity contribution in [3.8, 4) is 0 Å². The first-order valence-electron chi connectivity index (χ1n) is 9.90. The van der Waals surface area contributed by atoms with Crippen LogP contribution in [0.1, 0.15) is 38.5 Å². The lowest BCUT2D eigenvalue weighted by atomic mass is 9.77. The smallest absolute Gasteiger partial charge is 0.147 e. The quantitative estimate of drug-likeness (QED) is 0.734. The van der Waals surface area contributed by atoms with E-state index in [1.165, 1.54) is 50.3 Å². The third-order valence-corrected chi connectivity index (χ3v) is 7.57. The summed E-state index contributed by atoms with van der Waals surface area (Å²) in [7, 11) is 1.80. The van der Waals surface area contributed by atoms with Crippen LogP contribution in [0.2, 0.25) is 0 Å². The second-order valence-electron chi connectivity index (χ2n) is 7.78. The molecule has 1 aromatic heterocycles. The molecule has 4 rings (SSSR count). The number of rotatable bonds is 4. The van der Waals surface area contributed by atoms with E-state index in [1.54, 1.807) is 19.3 Å². The fourth-order valence-corrected chi connectivity index (χ4v) is 5.52. The summed E-state index contributed by atoms with van der Waals surface area (Å²) in [6.45, 7) is 2.17. The Kier molecular flexibility index (Phi) is 5.78. The zero-order chi connectivity index (χ0) is 19.6. The van der Waals surface area contributed by atoms with E-state index in [-0.39, 0.29) is 0 Å². The van der Waals surface area contributed by atoms with Gasteiger partial charge in [-0.2, -0.15) is 0 Å². The highest BCUT2D eigenvalue weighted by Crippen LogP contribution is 2.46. The van der Waals surface area contributed by atoms with E-state index < -0.39 is 0 Å². The molecule has 7 heteroatoms. The van der Waals surface area contributed by atoms with Gasteiger partial charge in [-0.25, -0.2) is 9.97 Å². The molecule has 1 saturated heterocycles. The van der Waals surface area contributed by atoms with Crippen LogP contribution in [-0.4, -0.2) is 35.8 Å². The van der Waals surface area contributed by atoms with Crippen LogP contribution >= 0.6 is 23.4 Å². The molecule has 0 atom stereocenters. The van der Waals surface area contributed by atoms with Gasteiger partial charge in [-0.15, -0.1) is 0 Å². The Balaban J connectivity index is 1.42. The number of allylic oxidation sites excluding steroid dienone is 4. The van der Waals surface area contributed by atoms with Gasteiger partial charge in [0.1, 0.15) is 10.8 Å². The Hall–Kier alpha value is -1.79. The highest BCUT2D eigenvalue weighted by molar-refractivity contribution is 8.03. The Morgan fingerprint density at radius 3 is 2.54 bits per heavy atom. The van der Waals surface area contributed by atoms with E-state index in [0.717, 1.165) is 28.8 Å². The van der Waals surface area contributed by atoms with E-state index in [1.807, 2.05) is 18.5 Å². The largest absolute Gasteiger partial charge is 0.393 e. The first-order chi connectivity index (χ1) is 13.6. The standard InChI is InChI=1S/C21H26ClN5S/c1-24-12-15-16(23)4-5-17(20(15)22)28-19-14-25-18(13-26-19)27-10-8-21(9-11-27)6-2-3-7-21/h4-5,12-14,23-24H,2-3,6-11H2,1H3/b15-12+,23-16?. The third-order valence-electron chi connectivity index (χ3n) is 6.07. The molecule has 148 valence electrons. The van der Waals surface area contributed by atoms with Gasteiger partial charge >= 0.3 is 0 Å². The number of anilines is 1. The molecule has 0 bridgehead atoms. The molecule has 2 N–H and O–H groups in total. The summed E-state index contributed by atoms with van der Waals surface area (Å²) >= 11 is 7.96. The second kappa shape index (κ2) is 8.29. The molecule has 1 aromatic rings. The summed E-state index contributed by atoms with van der Waals surface area (Å²) in [4.78, 5) is 12.5. The number of nitrogens with one attached hydrogen (secondary N) is 2. The minimum atomic E-state index is 0.398. The molecule has 0 aromatic carbocycles. The lowest BCUT2D eigenvalue weighted by Crippen LogP contribution is -2.39. The van der Waals surface area contributed by atoms with Crippen LogP contribution < -0.4 is 10.2 Å². The van der Waals surface area contributed by atoms with E-state index in [9.17, 15) is 0 Å². The Labute approximate surface area is 175 Å². The number of hydrogen-bond acceptors (Lipinski definition) is 6. The van der Waals surface area contributed by atoms with E-state index in [2.05, 4.69) is 20.2 Å². The molecule has 2 aliphatic carbocycles. The van der Waals surface area contributed by atoms with Crippen molar-refractivity contribution in [2.45, 2.75) is 43.6 Å². The average Bonchev–Trinajstić information content (AvgIpc) is 3.17. The van der Waals surface area contributed by atoms with Gasteiger partial charge < -0.3 is 15.6 Å². The van der Waals surface area contributed by atoms with Crippen molar-refractivity contribution in [2.75, 3.05) is 25.0 Å². The summed E-state index contributed by atoms with van der Waals surface area (Å²) in [5.74, 6) is 0.967. The van der Waals surface area contributed by atoms with Gasteiger partial charge in [0.05, 0.1) is 23.1 Å². The third kappa shape index (κ3) is 3.98. The molecule has 0 radical (unpaired) electrons. The van der Waals surface area contributed by atoms with Crippen molar-refractivity contribution in [1.29, 1.82) is 5.41 Å². The second-order valence-corrected chi connectivity index (χ2v) is 9.22. The monoisotopic (exact) mass is 415 g/mol.